The van der Waals surface area contributed by atoms with Crippen LogP contribution in [0, 0.1) is 28.6 Å². The number of cyclic esters (lactones) is 1. The Hall–Kier alpha value is -2.68. The van der Waals surface area contributed by atoms with Gasteiger partial charge in [0.25, 0.3) is 0 Å². The van der Waals surface area contributed by atoms with Crippen molar-refractivity contribution in [2.24, 2.45) is 28.6 Å². The number of rotatable bonds is 3. The predicted octanol–water partition coefficient (Wildman–Crippen LogP) is 2.18. The smallest absolute Gasteiger partial charge is 0.330 e. The normalized spacial score (nSPS) is 48.1. The van der Waals surface area contributed by atoms with Crippen LogP contribution >= 0.6 is 0 Å². The number of epoxide rings is 1. The standard InChI is InChI=1S/C25H30O9/c1-11-18-19(32-16(27)7-8-23(18,5)14-10-17(28)34-22(14,3)4)20(31-12(2)26)24(6)13(21(29)30)9-15-25(11,24)33-15/h7-8,13-15,18-20H,1,9-10H2,2-6H3,(H,29,30). The van der Waals surface area contributed by atoms with Gasteiger partial charge in [0, 0.05) is 30.3 Å². The van der Waals surface area contributed by atoms with E-state index in [4.69, 9.17) is 18.9 Å². The van der Waals surface area contributed by atoms with E-state index in [1.54, 1.807) is 13.0 Å². The second kappa shape index (κ2) is 6.71. The molecule has 5 rings (SSSR count). The van der Waals surface area contributed by atoms with Gasteiger partial charge in [-0.3, -0.25) is 14.4 Å². The molecule has 3 aliphatic heterocycles. The molecule has 0 aromatic rings. The minimum Gasteiger partial charge on any atom is -0.481 e. The maximum Gasteiger partial charge on any atom is 0.330 e. The number of carbonyl (C=O) groups is 4. The first kappa shape index (κ1) is 23.1. The van der Waals surface area contributed by atoms with E-state index in [0.29, 0.717) is 5.57 Å². The van der Waals surface area contributed by atoms with Crippen LogP contribution in [0.1, 0.15) is 47.5 Å². The lowest BCUT2D eigenvalue weighted by Crippen LogP contribution is -2.66. The Morgan fingerprint density at radius 2 is 1.88 bits per heavy atom. The fraction of sp³-hybridized carbons (Fsp3) is 0.680. The van der Waals surface area contributed by atoms with Crippen LogP contribution in [0.25, 0.3) is 0 Å². The molecular weight excluding hydrogens is 444 g/mol. The molecule has 0 radical (unpaired) electrons. The fourth-order valence-corrected chi connectivity index (χ4v) is 7.81. The van der Waals surface area contributed by atoms with Crippen molar-refractivity contribution in [3.05, 3.63) is 24.3 Å². The number of carboxylic acid groups (broad SMARTS) is 1. The average molecular weight is 475 g/mol. The SMILES string of the molecule is C=C1C2C(OC(=O)C=CC2(C)C2CC(=O)OC2(C)C)C(OC(C)=O)C2(C)C(C(=O)O)CC3OC132. The number of carbonyl (C=O) groups excluding carboxylic acids is 3. The highest BCUT2D eigenvalue weighted by Gasteiger charge is 2.85. The summed E-state index contributed by atoms with van der Waals surface area (Å²) >= 11 is 0. The topological polar surface area (TPSA) is 129 Å². The fourth-order valence-electron chi connectivity index (χ4n) is 7.81. The van der Waals surface area contributed by atoms with Crippen LogP contribution in [0.3, 0.4) is 0 Å². The van der Waals surface area contributed by atoms with Crippen LogP contribution in [0.2, 0.25) is 0 Å². The van der Waals surface area contributed by atoms with Crippen molar-refractivity contribution in [3.8, 4) is 0 Å². The van der Waals surface area contributed by atoms with Crippen LogP contribution in [-0.4, -0.2) is 58.5 Å². The van der Waals surface area contributed by atoms with Gasteiger partial charge in [0.2, 0.25) is 0 Å². The first-order valence-electron chi connectivity index (χ1n) is 11.6. The minimum absolute atomic E-state index is 0.128. The molecule has 2 saturated carbocycles. The number of ether oxygens (including phenoxy) is 4. The van der Waals surface area contributed by atoms with E-state index >= 15 is 0 Å². The monoisotopic (exact) mass is 474 g/mol. The summed E-state index contributed by atoms with van der Waals surface area (Å²) in [5.74, 6) is -4.47. The van der Waals surface area contributed by atoms with Gasteiger partial charge in [0.15, 0.2) is 0 Å². The van der Waals surface area contributed by atoms with Gasteiger partial charge in [-0.25, -0.2) is 4.79 Å². The Bertz CT molecular complexity index is 1060. The van der Waals surface area contributed by atoms with E-state index in [0.717, 1.165) is 0 Å². The lowest BCUT2D eigenvalue weighted by molar-refractivity contribution is -0.210. The highest BCUT2D eigenvalue weighted by Crippen LogP contribution is 2.74. The van der Waals surface area contributed by atoms with Gasteiger partial charge >= 0.3 is 23.9 Å². The average Bonchev–Trinajstić information content (AvgIpc) is 3.32. The molecule has 2 saturated heterocycles. The largest absolute Gasteiger partial charge is 0.481 e. The van der Waals surface area contributed by atoms with Gasteiger partial charge in [0.1, 0.15) is 23.4 Å². The number of hydrogen-bond acceptors (Lipinski definition) is 8. The predicted molar refractivity (Wildman–Crippen MR) is 115 cm³/mol. The van der Waals surface area contributed by atoms with Crippen LogP contribution in [0.5, 0.6) is 0 Å². The molecule has 3 heterocycles. The Kier molecular flexibility index (Phi) is 4.56. The number of allylic oxidation sites excluding steroid dienone is 1. The molecule has 4 fully saturated rings. The molecule has 1 spiro atoms. The van der Waals surface area contributed by atoms with E-state index in [1.807, 2.05) is 20.8 Å². The Balaban J connectivity index is 1.72. The first-order chi connectivity index (χ1) is 15.7. The third-order valence-electron chi connectivity index (χ3n) is 9.20. The van der Waals surface area contributed by atoms with Crippen LogP contribution < -0.4 is 0 Å². The van der Waals surface area contributed by atoms with Crippen molar-refractivity contribution in [1.82, 2.24) is 0 Å². The Morgan fingerprint density at radius 3 is 2.44 bits per heavy atom. The van der Waals surface area contributed by atoms with Crippen molar-refractivity contribution < 1.29 is 43.2 Å². The number of hydrogen-bond donors (Lipinski definition) is 1. The summed E-state index contributed by atoms with van der Waals surface area (Å²) in [6.07, 6.45) is 0.929. The molecule has 9 atom stereocenters. The van der Waals surface area contributed by atoms with Crippen LogP contribution in [0.4, 0.5) is 0 Å². The molecule has 2 aliphatic carbocycles. The highest BCUT2D eigenvalue weighted by molar-refractivity contribution is 5.83. The lowest BCUT2D eigenvalue weighted by Gasteiger charge is -2.57. The molecule has 5 aliphatic rings. The quantitative estimate of drug-likeness (QED) is 0.283. The molecule has 1 N–H and O–H groups in total. The zero-order valence-corrected chi connectivity index (χ0v) is 20.0. The van der Waals surface area contributed by atoms with Crippen LogP contribution in [0.15, 0.2) is 24.3 Å². The van der Waals surface area contributed by atoms with Crippen molar-refractivity contribution in [2.75, 3.05) is 0 Å². The molecule has 0 bridgehead atoms. The first-order valence-corrected chi connectivity index (χ1v) is 11.6. The van der Waals surface area contributed by atoms with E-state index in [1.165, 1.54) is 13.0 Å². The van der Waals surface area contributed by atoms with Gasteiger partial charge in [-0.1, -0.05) is 26.5 Å². The zero-order valence-electron chi connectivity index (χ0n) is 20.0. The zero-order chi connectivity index (χ0) is 25.0. The van der Waals surface area contributed by atoms with E-state index < -0.39 is 70.1 Å². The summed E-state index contributed by atoms with van der Waals surface area (Å²) < 4.78 is 23.5. The van der Waals surface area contributed by atoms with Crippen molar-refractivity contribution in [3.63, 3.8) is 0 Å². The summed E-state index contributed by atoms with van der Waals surface area (Å²) in [7, 11) is 0. The number of fused-ring (bicyclic) bond motifs is 1. The number of carboxylic acids is 1. The third-order valence-corrected chi connectivity index (χ3v) is 9.20. The Morgan fingerprint density at radius 1 is 1.21 bits per heavy atom. The van der Waals surface area contributed by atoms with Gasteiger partial charge in [0.05, 0.1) is 23.9 Å². The summed E-state index contributed by atoms with van der Waals surface area (Å²) in [6.45, 7) is 12.9. The van der Waals surface area contributed by atoms with E-state index in [9.17, 15) is 24.3 Å². The summed E-state index contributed by atoms with van der Waals surface area (Å²) in [6, 6.07) is 0. The number of esters is 3. The molecule has 9 heteroatoms. The molecule has 9 nitrogen and oxygen atoms in total. The van der Waals surface area contributed by atoms with Gasteiger partial charge in [-0.2, -0.15) is 0 Å². The van der Waals surface area contributed by atoms with Crippen molar-refractivity contribution >= 4 is 23.9 Å². The van der Waals surface area contributed by atoms with Crippen molar-refractivity contribution in [1.29, 1.82) is 0 Å². The molecule has 0 aromatic heterocycles. The number of aliphatic carboxylic acids is 1. The molecule has 184 valence electrons. The van der Waals surface area contributed by atoms with Gasteiger partial charge in [-0.05, 0) is 25.8 Å². The van der Waals surface area contributed by atoms with Gasteiger partial charge in [-0.15, -0.1) is 0 Å². The van der Waals surface area contributed by atoms with E-state index in [-0.39, 0.29) is 24.7 Å². The van der Waals surface area contributed by atoms with E-state index in [2.05, 4.69) is 6.58 Å². The van der Waals surface area contributed by atoms with Crippen LogP contribution in [-0.2, 0) is 38.1 Å². The van der Waals surface area contributed by atoms with Gasteiger partial charge < -0.3 is 24.1 Å². The minimum atomic E-state index is -1.20. The highest BCUT2D eigenvalue weighted by atomic mass is 16.6. The second-order valence-electron chi connectivity index (χ2n) is 11.2. The van der Waals surface area contributed by atoms with Crippen molar-refractivity contribution in [2.45, 2.75) is 77.0 Å². The molecule has 0 amide bonds. The molecular formula is C25H30O9. The Labute approximate surface area is 197 Å². The summed E-state index contributed by atoms with van der Waals surface area (Å²) in [5, 5.41) is 10.1. The lowest BCUT2D eigenvalue weighted by atomic mass is 9.49. The second-order valence-corrected chi connectivity index (χ2v) is 11.2. The molecule has 9 unspecified atom stereocenters. The third kappa shape index (κ3) is 2.64. The molecule has 34 heavy (non-hydrogen) atoms. The summed E-state index contributed by atoms with van der Waals surface area (Å²) in [5.41, 5.74) is -3.34. The summed E-state index contributed by atoms with van der Waals surface area (Å²) in [4.78, 5) is 49.7. The maximum absolute atomic E-state index is 12.8. The maximum atomic E-state index is 12.8. The molecule has 0 aromatic carbocycles.